The Kier molecular flexibility index (Phi) is 7.10. The predicted octanol–water partition coefficient (Wildman–Crippen LogP) is 6.62. The highest BCUT2D eigenvalue weighted by Gasteiger charge is 2.30. The molecule has 0 spiro atoms. The monoisotopic (exact) mass is 500 g/mol. The van der Waals surface area contributed by atoms with Crippen LogP contribution >= 0.6 is 11.6 Å². The zero-order chi connectivity index (χ0) is 25.1. The lowest BCUT2D eigenvalue weighted by atomic mass is 9.86. The maximum Gasteiger partial charge on any atom is 0.294 e. The van der Waals surface area contributed by atoms with Crippen LogP contribution in [0.15, 0.2) is 78.6 Å². The number of para-hydroxylation sites is 2. The van der Waals surface area contributed by atoms with Gasteiger partial charge >= 0.3 is 0 Å². The SMILES string of the molecule is C[C@H]1CCCC[C@@H]1NC(=O)c1ccc(/C=C2\Oc3ccccc3N(Cc3ccc(Cl)cc3)C2=O)cc1. The minimum absolute atomic E-state index is 0.0546. The second-order valence-corrected chi connectivity index (χ2v) is 10.00. The Bertz CT molecular complexity index is 1280. The van der Waals surface area contributed by atoms with Crippen LogP contribution in [0.25, 0.3) is 6.08 Å². The standard InChI is InChI=1S/C30H29ClN2O3/c1-20-6-2-3-7-25(20)32-29(34)23-14-10-21(11-15-23)18-28-30(35)33(19-22-12-16-24(31)17-13-22)26-8-4-5-9-27(26)36-28/h4-5,8-18,20,25H,2-3,6-7,19H2,1H3,(H,32,34)/b28-18-/t20-,25-/m0/s1. The normalized spacial score (nSPS) is 20.6. The molecule has 0 aromatic heterocycles. The summed E-state index contributed by atoms with van der Waals surface area (Å²) in [5.41, 5.74) is 3.08. The summed E-state index contributed by atoms with van der Waals surface area (Å²) in [5, 5.41) is 3.84. The first kappa shape index (κ1) is 24.1. The molecule has 3 aromatic rings. The van der Waals surface area contributed by atoms with Crippen LogP contribution in [0.1, 0.15) is 54.1 Å². The fraction of sp³-hybridized carbons (Fsp3) is 0.267. The fourth-order valence-corrected chi connectivity index (χ4v) is 4.98. The fourth-order valence-electron chi connectivity index (χ4n) is 4.86. The van der Waals surface area contributed by atoms with Crippen LogP contribution < -0.4 is 15.0 Å². The van der Waals surface area contributed by atoms with Gasteiger partial charge in [-0.2, -0.15) is 0 Å². The van der Waals surface area contributed by atoms with E-state index in [2.05, 4.69) is 12.2 Å². The van der Waals surface area contributed by atoms with Crippen molar-refractivity contribution >= 4 is 35.2 Å². The topological polar surface area (TPSA) is 58.6 Å². The molecule has 0 saturated heterocycles. The van der Waals surface area contributed by atoms with Gasteiger partial charge in [0.2, 0.25) is 0 Å². The number of anilines is 1. The largest absolute Gasteiger partial charge is 0.449 e. The number of fused-ring (bicyclic) bond motifs is 1. The molecule has 1 saturated carbocycles. The second kappa shape index (κ2) is 10.6. The molecule has 1 heterocycles. The van der Waals surface area contributed by atoms with E-state index in [0.29, 0.717) is 28.8 Å². The number of carbonyl (C=O) groups excluding carboxylic acids is 2. The molecule has 2 atom stereocenters. The average Bonchev–Trinajstić information content (AvgIpc) is 2.89. The van der Waals surface area contributed by atoms with Crippen LogP contribution in [0.5, 0.6) is 5.75 Å². The predicted molar refractivity (Wildman–Crippen MR) is 143 cm³/mol. The molecule has 2 amide bonds. The van der Waals surface area contributed by atoms with Crippen LogP contribution in [-0.4, -0.2) is 17.9 Å². The number of nitrogens with one attached hydrogen (secondary N) is 1. The van der Waals surface area contributed by atoms with E-state index in [0.717, 1.165) is 36.1 Å². The molecular formula is C30H29ClN2O3. The van der Waals surface area contributed by atoms with Crippen LogP contribution in [-0.2, 0) is 11.3 Å². The first-order valence-corrected chi connectivity index (χ1v) is 12.8. The van der Waals surface area contributed by atoms with E-state index in [9.17, 15) is 9.59 Å². The average molecular weight is 501 g/mol. The molecule has 2 aliphatic rings. The van der Waals surface area contributed by atoms with E-state index >= 15 is 0 Å². The van der Waals surface area contributed by atoms with E-state index < -0.39 is 0 Å². The molecule has 3 aromatic carbocycles. The number of nitrogens with zero attached hydrogens (tertiary/aromatic N) is 1. The van der Waals surface area contributed by atoms with Crippen LogP contribution in [0.3, 0.4) is 0 Å². The minimum Gasteiger partial charge on any atom is -0.449 e. The van der Waals surface area contributed by atoms with Crippen molar-refractivity contribution in [1.82, 2.24) is 5.32 Å². The molecule has 1 fully saturated rings. The minimum atomic E-state index is -0.225. The van der Waals surface area contributed by atoms with Crippen molar-refractivity contribution in [2.45, 2.75) is 45.2 Å². The highest BCUT2D eigenvalue weighted by Crippen LogP contribution is 2.36. The highest BCUT2D eigenvalue weighted by atomic mass is 35.5. The van der Waals surface area contributed by atoms with Gasteiger partial charge in [0.25, 0.3) is 11.8 Å². The molecule has 5 nitrogen and oxygen atoms in total. The highest BCUT2D eigenvalue weighted by molar-refractivity contribution is 6.30. The number of carbonyl (C=O) groups is 2. The number of ether oxygens (including phenoxy) is 1. The van der Waals surface area contributed by atoms with Crippen LogP contribution in [0, 0.1) is 5.92 Å². The van der Waals surface area contributed by atoms with Gasteiger partial charge in [0, 0.05) is 16.6 Å². The first-order valence-electron chi connectivity index (χ1n) is 12.4. The molecule has 1 N–H and O–H groups in total. The molecule has 36 heavy (non-hydrogen) atoms. The Balaban J connectivity index is 1.35. The molecule has 0 radical (unpaired) electrons. The van der Waals surface area contributed by atoms with E-state index in [1.54, 1.807) is 23.1 Å². The lowest BCUT2D eigenvalue weighted by molar-refractivity contribution is -0.117. The molecule has 1 aliphatic carbocycles. The van der Waals surface area contributed by atoms with Crippen molar-refractivity contribution < 1.29 is 14.3 Å². The Morgan fingerprint density at radius 1 is 1.03 bits per heavy atom. The summed E-state index contributed by atoms with van der Waals surface area (Å²) in [5.74, 6) is 1.07. The van der Waals surface area contributed by atoms with Gasteiger partial charge in [-0.3, -0.25) is 14.5 Å². The maximum absolute atomic E-state index is 13.4. The zero-order valence-corrected chi connectivity index (χ0v) is 21.0. The molecular weight excluding hydrogens is 472 g/mol. The van der Waals surface area contributed by atoms with E-state index in [1.807, 2.05) is 60.7 Å². The van der Waals surface area contributed by atoms with E-state index in [4.69, 9.17) is 16.3 Å². The number of benzene rings is 3. The smallest absolute Gasteiger partial charge is 0.294 e. The number of hydrogen-bond donors (Lipinski definition) is 1. The van der Waals surface area contributed by atoms with Crippen molar-refractivity contribution in [1.29, 1.82) is 0 Å². The van der Waals surface area contributed by atoms with Gasteiger partial charge in [0.1, 0.15) is 0 Å². The van der Waals surface area contributed by atoms with Crippen LogP contribution in [0.2, 0.25) is 5.02 Å². The summed E-state index contributed by atoms with van der Waals surface area (Å²) in [6.07, 6.45) is 6.31. The first-order chi connectivity index (χ1) is 17.5. The van der Waals surface area contributed by atoms with E-state index in [1.165, 1.54) is 6.42 Å². The van der Waals surface area contributed by atoms with Crippen molar-refractivity contribution in [2.75, 3.05) is 4.90 Å². The third-order valence-electron chi connectivity index (χ3n) is 6.98. The molecule has 1 aliphatic heterocycles. The summed E-state index contributed by atoms with van der Waals surface area (Å²) in [6, 6.07) is 22.4. The third kappa shape index (κ3) is 5.31. The maximum atomic E-state index is 13.4. The lowest BCUT2D eigenvalue weighted by Gasteiger charge is -2.30. The van der Waals surface area contributed by atoms with Crippen molar-refractivity contribution in [3.63, 3.8) is 0 Å². The summed E-state index contributed by atoms with van der Waals surface area (Å²) in [4.78, 5) is 27.9. The Morgan fingerprint density at radius 3 is 2.50 bits per heavy atom. The molecule has 5 rings (SSSR count). The van der Waals surface area contributed by atoms with Gasteiger partial charge in [-0.15, -0.1) is 0 Å². The van der Waals surface area contributed by atoms with Gasteiger partial charge in [-0.05, 0) is 72.4 Å². The van der Waals surface area contributed by atoms with Gasteiger partial charge in [-0.1, -0.05) is 67.8 Å². The van der Waals surface area contributed by atoms with Crippen molar-refractivity contribution in [3.8, 4) is 5.75 Å². The summed E-state index contributed by atoms with van der Waals surface area (Å²) < 4.78 is 5.99. The Hall–Kier alpha value is -3.57. The van der Waals surface area contributed by atoms with Crippen molar-refractivity contribution in [3.05, 3.63) is 100 Å². The molecule has 184 valence electrons. The van der Waals surface area contributed by atoms with Gasteiger partial charge in [0.05, 0.1) is 12.2 Å². The lowest BCUT2D eigenvalue weighted by Crippen LogP contribution is -2.41. The molecule has 6 heteroatoms. The Morgan fingerprint density at radius 2 is 1.75 bits per heavy atom. The summed E-state index contributed by atoms with van der Waals surface area (Å²) in [7, 11) is 0. The number of halogens is 1. The number of rotatable bonds is 5. The quantitative estimate of drug-likeness (QED) is 0.401. The molecule has 0 bridgehead atoms. The second-order valence-electron chi connectivity index (χ2n) is 9.56. The zero-order valence-electron chi connectivity index (χ0n) is 20.2. The number of hydrogen-bond acceptors (Lipinski definition) is 3. The summed E-state index contributed by atoms with van der Waals surface area (Å²) in [6.45, 7) is 2.60. The van der Waals surface area contributed by atoms with Gasteiger partial charge in [-0.25, -0.2) is 0 Å². The third-order valence-corrected chi connectivity index (χ3v) is 7.24. The Labute approximate surface area is 216 Å². The van der Waals surface area contributed by atoms with Gasteiger partial charge < -0.3 is 10.1 Å². The van der Waals surface area contributed by atoms with Crippen molar-refractivity contribution in [2.24, 2.45) is 5.92 Å². The number of amides is 2. The van der Waals surface area contributed by atoms with Crippen LogP contribution in [0.4, 0.5) is 5.69 Å². The summed E-state index contributed by atoms with van der Waals surface area (Å²) >= 11 is 6.03. The van der Waals surface area contributed by atoms with E-state index in [-0.39, 0.29) is 23.6 Å². The van der Waals surface area contributed by atoms with Gasteiger partial charge in [0.15, 0.2) is 11.5 Å². The molecule has 0 unspecified atom stereocenters.